The van der Waals surface area contributed by atoms with Crippen LogP contribution in [0.5, 0.6) is 0 Å². The molecule has 1 rings (SSSR count). The summed E-state index contributed by atoms with van der Waals surface area (Å²) in [7, 11) is 2.28. The third kappa shape index (κ3) is 1.43. The van der Waals surface area contributed by atoms with E-state index >= 15 is 0 Å². The molecule has 1 aliphatic rings. The maximum Gasteiger partial charge on any atom is 0.0602 e. The van der Waals surface area contributed by atoms with Gasteiger partial charge < -0.3 is 9.26 Å². The second kappa shape index (κ2) is 2.96. The predicted molar refractivity (Wildman–Crippen MR) is 39.2 cm³/mol. The zero-order chi connectivity index (χ0) is 6.74. The lowest BCUT2D eigenvalue weighted by molar-refractivity contribution is -0.131. The molecule has 1 atom stereocenters. The summed E-state index contributed by atoms with van der Waals surface area (Å²) in [5.74, 6) is 0. The minimum absolute atomic E-state index is 0.349. The van der Waals surface area contributed by atoms with Crippen LogP contribution in [0.4, 0.5) is 0 Å². The molecule has 1 aliphatic heterocycles. The van der Waals surface area contributed by atoms with Gasteiger partial charge in [-0.3, -0.25) is 0 Å². The van der Waals surface area contributed by atoms with Gasteiger partial charge in [-0.1, -0.05) is 6.92 Å². The van der Waals surface area contributed by atoms with Crippen LogP contribution in [0.2, 0.25) is 0 Å². The summed E-state index contributed by atoms with van der Waals surface area (Å²) in [6.07, 6.45) is 1.15. The van der Waals surface area contributed by atoms with Gasteiger partial charge in [0.25, 0.3) is 0 Å². The molecule has 0 aromatic carbocycles. The van der Waals surface area contributed by atoms with E-state index in [1.54, 1.807) is 0 Å². The zero-order valence-corrected chi connectivity index (χ0v) is 6.88. The van der Waals surface area contributed by atoms with Crippen LogP contribution >= 0.6 is 9.47 Å². The van der Waals surface area contributed by atoms with Crippen molar-refractivity contribution in [2.75, 3.05) is 19.8 Å². The van der Waals surface area contributed by atoms with Crippen molar-refractivity contribution in [1.29, 1.82) is 0 Å². The second-order valence-corrected chi connectivity index (χ2v) is 2.99. The molecule has 0 aromatic heterocycles. The molecule has 0 aromatic rings. The average molecular weight is 148 g/mol. The summed E-state index contributed by atoms with van der Waals surface area (Å²) >= 11 is 0. The molecule has 0 aliphatic carbocycles. The fourth-order valence-corrected chi connectivity index (χ4v) is 1.31. The molecule has 0 saturated carbocycles. The zero-order valence-electron chi connectivity index (χ0n) is 5.72. The largest absolute Gasteiger partial charge is 0.380 e. The fourth-order valence-electron chi connectivity index (χ4n) is 0.957. The van der Waals surface area contributed by atoms with Crippen LogP contribution in [-0.4, -0.2) is 19.8 Å². The molecule has 1 heterocycles. The van der Waals surface area contributed by atoms with Gasteiger partial charge in [0, 0.05) is 14.9 Å². The summed E-state index contributed by atoms with van der Waals surface area (Å²) in [4.78, 5) is 0. The van der Waals surface area contributed by atoms with Crippen molar-refractivity contribution < 1.29 is 9.26 Å². The van der Waals surface area contributed by atoms with Crippen LogP contribution in [0.25, 0.3) is 0 Å². The molecular formula is C6H13O2P. The molecule has 9 heavy (non-hydrogen) atoms. The van der Waals surface area contributed by atoms with Crippen molar-refractivity contribution >= 4 is 9.47 Å². The first-order chi connectivity index (χ1) is 4.33. The van der Waals surface area contributed by atoms with Gasteiger partial charge in [0.05, 0.1) is 19.8 Å². The van der Waals surface area contributed by atoms with E-state index in [4.69, 9.17) is 9.26 Å². The molecule has 2 nitrogen and oxygen atoms in total. The summed E-state index contributed by atoms with van der Waals surface area (Å²) in [6, 6.07) is 0. The van der Waals surface area contributed by atoms with Gasteiger partial charge in [-0.05, 0) is 6.42 Å². The highest BCUT2D eigenvalue weighted by atomic mass is 31.0. The highest BCUT2D eigenvalue weighted by Gasteiger charge is 2.36. The van der Waals surface area contributed by atoms with E-state index in [2.05, 4.69) is 16.4 Å². The maximum absolute atomic E-state index is 5.09. The molecule has 54 valence electrons. The number of ether oxygens (including phenoxy) is 1. The minimum atomic E-state index is 0.349. The van der Waals surface area contributed by atoms with Crippen molar-refractivity contribution in [2.24, 2.45) is 5.41 Å². The van der Waals surface area contributed by atoms with E-state index in [1.165, 1.54) is 0 Å². The summed E-state index contributed by atoms with van der Waals surface area (Å²) in [6.45, 7) is 4.73. The Balaban J connectivity index is 2.28. The van der Waals surface area contributed by atoms with E-state index in [0.29, 0.717) is 5.41 Å². The van der Waals surface area contributed by atoms with Crippen LogP contribution in [0.1, 0.15) is 13.3 Å². The highest BCUT2D eigenvalue weighted by molar-refractivity contribution is 7.09. The lowest BCUT2D eigenvalue weighted by Crippen LogP contribution is -2.45. The molecule has 0 bridgehead atoms. The number of hydrogen-bond acceptors (Lipinski definition) is 2. The Kier molecular flexibility index (Phi) is 2.45. The molecule has 0 radical (unpaired) electrons. The Hall–Kier alpha value is 0.350. The highest BCUT2D eigenvalue weighted by Crippen LogP contribution is 2.31. The average Bonchev–Trinajstić information content (AvgIpc) is 1.79. The lowest BCUT2D eigenvalue weighted by Gasteiger charge is -2.39. The van der Waals surface area contributed by atoms with E-state index in [9.17, 15) is 0 Å². The van der Waals surface area contributed by atoms with E-state index in [0.717, 1.165) is 26.2 Å². The van der Waals surface area contributed by atoms with Crippen LogP contribution in [0.15, 0.2) is 0 Å². The number of hydrogen-bond donors (Lipinski definition) is 0. The smallest absolute Gasteiger partial charge is 0.0602 e. The topological polar surface area (TPSA) is 18.5 Å². The van der Waals surface area contributed by atoms with Gasteiger partial charge in [0.1, 0.15) is 0 Å². The lowest BCUT2D eigenvalue weighted by atomic mass is 9.84. The maximum atomic E-state index is 5.09. The van der Waals surface area contributed by atoms with Crippen molar-refractivity contribution in [3.05, 3.63) is 0 Å². The van der Waals surface area contributed by atoms with Crippen LogP contribution in [0.3, 0.4) is 0 Å². The van der Waals surface area contributed by atoms with Gasteiger partial charge in [-0.25, -0.2) is 0 Å². The van der Waals surface area contributed by atoms with Crippen molar-refractivity contribution in [3.63, 3.8) is 0 Å². The Labute approximate surface area is 58.2 Å². The Morgan fingerprint density at radius 3 is 2.44 bits per heavy atom. The second-order valence-electron chi connectivity index (χ2n) is 2.66. The third-order valence-corrected chi connectivity index (χ3v) is 2.12. The molecular weight excluding hydrogens is 135 g/mol. The van der Waals surface area contributed by atoms with Crippen LogP contribution in [-0.2, 0) is 9.26 Å². The van der Waals surface area contributed by atoms with Crippen LogP contribution in [0, 0.1) is 5.41 Å². The third-order valence-electron chi connectivity index (χ3n) is 1.96. The van der Waals surface area contributed by atoms with Gasteiger partial charge in [0.2, 0.25) is 0 Å². The van der Waals surface area contributed by atoms with Gasteiger partial charge in [0.15, 0.2) is 0 Å². The first-order valence-corrected chi connectivity index (χ1v) is 3.69. The normalized spacial score (nSPS) is 23.3. The van der Waals surface area contributed by atoms with Gasteiger partial charge >= 0.3 is 0 Å². The fraction of sp³-hybridized carbons (Fsp3) is 1.00. The summed E-state index contributed by atoms with van der Waals surface area (Å²) < 4.78 is 10.1. The number of rotatable bonds is 3. The van der Waals surface area contributed by atoms with E-state index in [1.807, 2.05) is 0 Å². The Bertz CT molecular complexity index is 85.5. The van der Waals surface area contributed by atoms with Crippen molar-refractivity contribution in [3.8, 4) is 0 Å². The van der Waals surface area contributed by atoms with Crippen LogP contribution < -0.4 is 0 Å². The predicted octanol–water partition coefficient (Wildman–Crippen LogP) is 1.22. The van der Waals surface area contributed by atoms with E-state index in [-0.39, 0.29) is 0 Å². The molecule has 0 amide bonds. The molecule has 3 heteroatoms. The molecule has 1 saturated heterocycles. The van der Waals surface area contributed by atoms with Crippen molar-refractivity contribution in [1.82, 2.24) is 0 Å². The monoisotopic (exact) mass is 148 g/mol. The Morgan fingerprint density at radius 1 is 1.67 bits per heavy atom. The quantitative estimate of drug-likeness (QED) is 0.560. The first kappa shape index (κ1) is 7.46. The minimum Gasteiger partial charge on any atom is -0.380 e. The molecule has 0 spiro atoms. The summed E-state index contributed by atoms with van der Waals surface area (Å²) in [5, 5.41) is 0. The molecule has 1 unspecified atom stereocenters. The molecule has 1 fully saturated rings. The standard InChI is InChI=1S/C6H13O2P/c1-2-6(5-8-9)3-7-4-6/h2-5,9H2,1H3. The SMILES string of the molecule is CCC1(COP)COC1. The van der Waals surface area contributed by atoms with Gasteiger partial charge in [-0.2, -0.15) is 0 Å². The van der Waals surface area contributed by atoms with Gasteiger partial charge in [-0.15, -0.1) is 0 Å². The van der Waals surface area contributed by atoms with E-state index < -0.39 is 0 Å². The Morgan fingerprint density at radius 2 is 2.33 bits per heavy atom. The molecule has 0 N–H and O–H groups in total. The first-order valence-electron chi connectivity index (χ1n) is 3.22. The van der Waals surface area contributed by atoms with Crippen molar-refractivity contribution in [2.45, 2.75) is 13.3 Å². The summed E-state index contributed by atoms with van der Waals surface area (Å²) in [5.41, 5.74) is 0.349.